The molecule has 0 aliphatic heterocycles. The van der Waals surface area contributed by atoms with Gasteiger partial charge in [-0.05, 0) is 25.1 Å². The predicted molar refractivity (Wildman–Crippen MR) is 86.2 cm³/mol. The van der Waals surface area contributed by atoms with Crippen molar-refractivity contribution < 1.29 is 27.9 Å². The third-order valence-corrected chi connectivity index (χ3v) is 3.64. The number of rotatable bonds is 7. The number of aryl methyl sites for hydroxylation is 1. The Morgan fingerprint density at radius 2 is 2.04 bits per heavy atom. The summed E-state index contributed by atoms with van der Waals surface area (Å²) in [5.41, 5.74) is 4.83. The van der Waals surface area contributed by atoms with Gasteiger partial charge in [-0.3, -0.25) is 14.3 Å². The van der Waals surface area contributed by atoms with Crippen LogP contribution in [0, 0.1) is 5.82 Å². The van der Waals surface area contributed by atoms with E-state index in [0.29, 0.717) is 0 Å². The van der Waals surface area contributed by atoms with E-state index in [1.807, 2.05) is 0 Å². The molecule has 0 aliphatic carbocycles. The molecule has 1 aromatic heterocycles. The van der Waals surface area contributed by atoms with Crippen LogP contribution in [0.5, 0.6) is 0 Å². The van der Waals surface area contributed by atoms with Gasteiger partial charge in [0.15, 0.2) is 0 Å². The zero-order chi connectivity index (χ0) is 19.4. The smallest absolute Gasteiger partial charge is 0.322 e. The molecule has 0 unspecified atom stereocenters. The summed E-state index contributed by atoms with van der Waals surface area (Å²) in [6.07, 6.45) is -1.82. The van der Waals surface area contributed by atoms with E-state index in [-0.39, 0.29) is 35.5 Å². The lowest BCUT2D eigenvalue weighted by molar-refractivity contribution is -0.138. The van der Waals surface area contributed by atoms with E-state index in [4.69, 9.17) is 10.8 Å². The second kappa shape index (κ2) is 8.00. The van der Waals surface area contributed by atoms with Gasteiger partial charge in [0.05, 0.1) is 17.5 Å². The van der Waals surface area contributed by atoms with E-state index in [1.54, 1.807) is 6.92 Å². The monoisotopic (exact) mass is 370 g/mol. The molecule has 1 atom stereocenters. The highest BCUT2D eigenvalue weighted by atomic mass is 19.3. The third-order valence-electron chi connectivity index (χ3n) is 3.64. The predicted octanol–water partition coefficient (Wildman–Crippen LogP) is 1.79. The highest BCUT2D eigenvalue weighted by Crippen LogP contribution is 2.32. The number of carbonyl (C=O) groups excluding carboxylic acids is 1. The molecule has 2 aromatic rings. The average molecular weight is 370 g/mol. The van der Waals surface area contributed by atoms with Crippen LogP contribution < -0.4 is 11.1 Å². The number of hydrogen-bond donors (Lipinski definition) is 3. The van der Waals surface area contributed by atoms with Gasteiger partial charge in [-0.1, -0.05) is 0 Å². The van der Waals surface area contributed by atoms with Gasteiger partial charge in [-0.25, -0.2) is 13.2 Å². The van der Waals surface area contributed by atoms with Crippen LogP contribution in [0.25, 0.3) is 11.3 Å². The number of hydrogen-bond acceptors (Lipinski definition) is 4. The summed E-state index contributed by atoms with van der Waals surface area (Å²) in [5, 5.41) is 14.8. The molecule has 0 aliphatic rings. The molecule has 26 heavy (non-hydrogen) atoms. The van der Waals surface area contributed by atoms with Crippen LogP contribution in [0.3, 0.4) is 0 Å². The minimum atomic E-state index is -2.82. The third kappa shape index (κ3) is 4.20. The number of carboxylic acids is 1. The number of alkyl halides is 2. The number of nitrogens with two attached hydrogens (primary N) is 1. The molecule has 1 amide bonds. The topological polar surface area (TPSA) is 110 Å². The van der Waals surface area contributed by atoms with Crippen LogP contribution in [-0.2, 0) is 11.3 Å². The Labute approximate surface area is 146 Å². The Morgan fingerprint density at radius 1 is 1.35 bits per heavy atom. The number of nitrogens with zero attached hydrogens (tertiary/aromatic N) is 2. The molecule has 4 N–H and O–H groups in total. The van der Waals surface area contributed by atoms with E-state index in [2.05, 4.69) is 10.4 Å². The lowest BCUT2D eigenvalue weighted by atomic mass is 10.0. The van der Waals surface area contributed by atoms with Gasteiger partial charge in [-0.2, -0.15) is 5.10 Å². The van der Waals surface area contributed by atoms with Crippen LogP contribution in [-0.4, -0.2) is 39.4 Å². The summed E-state index contributed by atoms with van der Waals surface area (Å²) >= 11 is 0. The molecule has 10 heteroatoms. The standard InChI is InChI=1S/C16H17F3N4O3/c1-2-23-13(11(6-22-23)14(18)19)8-3-9(5-10(17)4-8)15(24)21-7-12(20)16(25)26/h3-6,12,14H,2,7,20H2,1H3,(H,21,24)(H,25,26)/t12-/m1/s1. The van der Waals surface area contributed by atoms with Crippen molar-refractivity contribution in [1.29, 1.82) is 0 Å². The van der Waals surface area contributed by atoms with E-state index in [1.165, 1.54) is 10.7 Å². The van der Waals surface area contributed by atoms with Crippen LogP contribution in [0.2, 0.25) is 0 Å². The van der Waals surface area contributed by atoms with E-state index >= 15 is 0 Å². The molecular formula is C16H17F3N4O3. The fourth-order valence-corrected chi connectivity index (χ4v) is 2.36. The second-order valence-electron chi connectivity index (χ2n) is 5.45. The molecule has 2 rings (SSSR count). The Morgan fingerprint density at radius 3 is 2.62 bits per heavy atom. The molecular weight excluding hydrogens is 353 g/mol. The number of carbonyl (C=O) groups is 2. The summed E-state index contributed by atoms with van der Waals surface area (Å²) in [5.74, 6) is -2.89. The summed E-state index contributed by atoms with van der Waals surface area (Å²) in [6, 6.07) is 1.85. The molecule has 0 fully saturated rings. The maximum Gasteiger partial charge on any atom is 0.322 e. The molecule has 1 heterocycles. The quantitative estimate of drug-likeness (QED) is 0.688. The SMILES string of the molecule is CCn1ncc(C(F)F)c1-c1cc(F)cc(C(=O)NC[C@@H](N)C(=O)O)c1. The zero-order valence-corrected chi connectivity index (χ0v) is 13.7. The van der Waals surface area contributed by atoms with Crippen molar-refractivity contribution >= 4 is 11.9 Å². The minimum Gasteiger partial charge on any atom is -0.480 e. The summed E-state index contributed by atoms with van der Waals surface area (Å²) in [6.45, 7) is 1.59. The van der Waals surface area contributed by atoms with Crippen LogP contribution in [0.15, 0.2) is 24.4 Å². The van der Waals surface area contributed by atoms with E-state index < -0.39 is 30.2 Å². The van der Waals surface area contributed by atoms with E-state index in [0.717, 1.165) is 18.3 Å². The number of aliphatic carboxylic acids is 1. The van der Waals surface area contributed by atoms with Crippen molar-refractivity contribution in [2.24, 2.45) is 5.73 Å². The van der Waals surface area contributed by atoms with E-state index in [9.17, 15) is 22.8 Å². The molecule has 1 aromatic carbocycles. The molecule has 0 bridgehead atoms. The van der Waals surface area contributed by atoms with Crippen molar-refractivity contribution in [3.8, 4) is 11.3 Å². The first-order chi connectivity index (χ1) is 12.2. The Kier molecular flexibility index (Phi) is 5.98. The fraction of sp³-hybridized carbons (Fsp3) is 0.312. The Hall–Kier alpha value is -2.88. The molecule has 0 saturated carbocycles. The highest BCUT2D eigenvalue weighted by Gasteiger charge is 2.22. The molecule has 0 spiro atoms. The van der Waals surface area contributed by atoms with Gasteiger partial charge in [0, 0.05) is 24.2 Å². The van der Waals surface area contributed by atoms with Gasteiger partial charge >= 0.3 is 5.97 Å². The number of amides is 1. The molecule has 140 valence electrons. The van der Waals surface area contributed by atoms with Gasteiger partial charge < -0.3 is 16.2 Å². The maximum absolute atomic E-state index is 14.0. The normalized spacial score (nSPS) is 12.2. The van der Waals surface area contributed by atoms with Gasteiger partial charge in [0.25, 0.3) is 12.3 Å². The number of aromatic nitrogens is 2. The average Bonchev–Trinajstić information content (AvgIpc) is 3.02. The molecule has 0 radical (unpaired) electrons. The minimum absolute atomic E-state index is 0.0123. The summed E-state index contributed by atoms with van der Waals surface area (Å²) < 4.78 is 41.7. The maximum atomic E-state index is 14.0. The van der Waals surface area contributed by atoms with Gasteiger partial charge in [-0.15, -0.1) is 0 Å². The van der Waals surface area contributed by atoms with Gasteiger partial charge in [0.1, 0.15) is 11.9 Å². The zero-order valence-electron chi connectivity index (χ0n) is 13.7. The number of nitrogens with one attached hydrogen (secondary N) is 1. The van der Waals surface area contributed by atoms with Gasteiger partial charge in [0.2, 0.25) is 0 Å². The summed E-state index contributed by atoms with van der Waals surface area (Å²) in [4.78, 5) is 22.8. The van der Waals surface area contributed by atoms with Crippen molar-refractivity contribution in [3.05, 3.63) is 41.3 Å². The van der Waals surface area contributed by atoms with Crippen molar-refractivity contribution in [2.75, 3.05) is 6.54 Å². The number of benzene rings is 1. The van der Waals surface area contributed by atoms with Crippen molar-refractivity contribution in [1.82, 2.24) is 15.1 Å². The lowest BCUT2D eigenvalue weighted by Crippen LogP contribution is -2.42. The summed E-state index contributed by atoms with van der Waals surface area (Å²) in [7, 11) is 0. The molecule has 0 saturated heterocycles. The number of halogens is 3. The van der Waals surface area contributed by atoms with Crippen LogP contribution >= 0.6 is 0 Å². The molecule has 7 nitrogen and oxygen atoms in total. The van der Waals surface area contributed by atoms with Crippen molar-refractivity contribution in [3.63, 3.8) is 0 Å². The first kappa shape index (κ1) is 19.4. The fourth-order valence-electron chi connectivity index (χ4n) is 2.36. The first-order valence-electron chi connectivity index (χ1n) is 7.66. The highest BCUT2D eigenvalue weighted by molar-refractivity contribution is 5.95. The largest absolute Gasteiger partial charge is 0.480 e. The number of carboxylic acid groups (broad SMARTS) is 1. The van der Waals surface area contributed by atoms with Crippen LogP contribution in [0.4, 0.5) is 13.2 Å². The second-order valence-corrected chi connectivity index (χ2v) is 5.45. The first-order valence-corrected chi connectivity index (χ1v) is 7.66. The Balaban J connectivity index is 2.38. The van der Waals surface area contributed by atoms with Crippen LogP contribution in [0.1, 0.15) is 29.3 Å². The Bertz CT molecular complexity index is 823. The van der Waals surface area contributed by atoms with Crippen molar-refractivity contribution in [2.45, 2.75) is 25.9 Å². The lowest BCUT2D eigenvalue weighted by Gasteiger charge is -2.12.